The van der Waals surface area contributed by atoms with Crippen molar-refractivity contribution in [1.82, 2.24) is 15.5 Å². The number of carbonyl (C=O) groups excluding carboxylic acids is 3. The van der Waals surface area contributed by atoms with Crippen molar-refractivity contribution < 1.29 is 19.1 Å². The Morgan fingerprint density at radius 3 is 2.72 bits per heavy atom. The molecule has 3 amide bonds. The van der Waals surface area contributed by atoms with Crippen LogP contribution < -0.4 is 10.6 Å². The number of ether oxygens (including phenoxy) is 1. The highest BCUT2D eigenvalue weighted by atomic mass is 16.5. The van der Waals surface area contributed by atoms with Crippen molar-refractivity contribution in [2.45, 2.75) is 26.3 Å². The van der Waals surface area contributed by atoms with Gasteiger partial charge in [-0.2, -0.15) is 0 Å². The molecular weight excluding hydrogens is 322 g/mol. The largest absolute Gasteiger partial charge is 0.456 e. The average molecular weight is 343 g/mol. The van der Waals surface area contributed by atoms with Crippen molar-refractivity contribution in [3.63, 3.8) is 0 Å². The number of nitrogens with zero attached hydrogens (tertiary/aromatic N) is 1. The molecule has 1 aromatic carbocycles. The number of nitrogens with one attached hydrogen (secondary N) is 2. The molecule has 0 saturated heterocycles. The zero-order chi connectivity index (χ0) is 18.0. The van der Waals surface area contributed by atoms with Gasteiger partial charge in [-0.3, -0.25) is 9.69 Å². The van der Waals surface area contributed by atoms with E-state index in [0.717, 1.165) is 17.5 Å². The Bertz CT molecular complexity index is 739. The van der Waals surface area contributed by atoms with Gasteiger partial charge >= 0.3 is 12.0 Å². The normalized spacial score (nSPS) is 19.4. The van der Waals surface area contributed by atoms with Gasteiger partial charge in [0.1, 0.15) is 13.2 Å². The van der Waals surface area contributed by atoms with E-state index < -0.39 is 18.0 Å². The summed E-state index contributed by atoms with van der Waals surface area (Å²) in [5.74, 6) is -0.725. The summed E-state index contributed by atoms with van der Waals surface area (Å²) in [5.41, 5.74) is 2.75. The first-order chi connectivity index (χ1) is 12.0. The molecule has 0 unspecified atom stereocenters. The number of aryl methyl sites for hydroxylation is 1. The number of hydrogen-bond donors (Lipinski definition) is 2. The molecule has 2 heterocycles. The molecule has 0 saturated carbocycles. The van der Waals surface area contributed by atoms with Crippen LogP contribution in [0.5, 0.6) is 0 Å². The number of amides is 3. The van der Waals surface area contributed by atoms with Crippen molar-refractivity contribution in [3.8, 4) is 0 Å². The van der Waals surface area contributed by atoms with Gasteiger partial charge in [0.05, 0.1) is 17.3 Å². The Balaban J connectivity index is 1.90. The van der Waals surface area contributed by atoms with Gasteiger partial charge in [-0.05, 0) is 18.9 Å². The van der Waals surface area contributed by atoms with E-state index in [1.165, 1.54) is 4.90 Å². The number of benzene rings is 1. The minimum Gasteiger partial charge on any atom is -0.456 e. The predicted octanol–water partition coefficient (Wildman–Crippen LogP) is 1.40. The summed E-state index contributed by atoms with van der Waals surface area (Å²) in [6.07, 6.45) is 0.809. The van der Waals surface area contributed by atoms with E-state index >= 15 is 0 Å². The van der Waals surface area contributed by atoms with Crippen molar-refractivity contribution in [1.29, 1.82) is 0 Å². The Morgan fingerprint density at radius 2 is 2.04 bits per heavy atom. The first-order valence-corrected chi connectivity index (χ1v) is 8.32. The van der Waals surface area contributed by atoms with Crippen molar-refractivity contribution >= 4 is 17.9 Å². The van der Waals surface area contributed by atoms with Crippen molar-refractivity contribution in [3.05, 3.63) is 46.7 Å². The van der Waals surface area contributed by atoms with Crippen LogP contribution in [0.2, 0.25) is 0 Å². The van der Waals surface area contributed by atoms with E-state index in [9.17, 15) is 14.4 Å². The maximum Gasteiger partial charge on any atom is 0.338 e. The summed E-state index contributed by atoms with van der Waals surface area (Å²) >= 11 is 0. The standard InChI is InChI=1S/C18H21N3O4/c1-3-8-19-14(22)9-21-13-10-25-17(23)15(13)16(20-18(21)24)12-6-4-11(2)5-7-12/h4-7,16H,3,8-10H2,1-2H3,(H,19,22)(H,20,24)/t16-/m1/s1. The predicted molar refractivity (Wildman–Crippen MR) is 90.4 cm³/mol. The number of hydrogen-bond acceptors (Lipinski definition) is 4. The summed E-state index contributed by atoms with van der Waals surface area (Å²) in [4.78, 5) is 38.0. The number of urea groups is 1. The minimum absolute atomic E-state index is 0.00497. The van der Waals surface area contributed by atoms with Crippen molar-refractivity contribution in [2.24, 2.45) is 0 Å². The highest BCUT2D eigenvalue weighted by Gasteiger charge is 2.42. The quantitative estimate of drug-likeness (QED) is 0.791. The van der Waals surface area contributed by atoms with Gasteiger partial charge in [0.25, 0.3) is 0 Å². The molecular formula is C18H21N3O4. The molecule has 7 heteroatoms. The Morgan fingerprint density at radius 1 is 1.32 bits per heavy atom. The second-order valence-corrected chi connectivity index (χ2v) is 6.17. The molecule has 0 aromatic heterocycles. The Hall–Kier alpha value is -2.83. The summed E-state index contributed by atoms with van der Waals surface area (Å²) in [7, 11) is 0. The number of rotatable bonds is 5. The molecule has 7 nitrogen and oxygen atoms in total. The highest BCUT2D eigenvalue weighted by Crippen LogP contribution is 2.34. The van der Waals surface area contributed by atoms with E-state index in [1.807, 2.05) is 38.1 Å². The van der Waals surface area contributed by atoms with Crippen LogP contribution in [0, 0.1) is 6.92 Å². The smallest absolute Gasteiger partial charge is 0.338 e. The van der Waals surface area contributed by atoms with Gasteiger partial charge in [0, 0.05) is 6.54 Å². The summed E-state index contributed by atoms with van der Waals surface area (Å²) in [6.45, 7) is 4.33. The van der Waals surface area contributed by atoms with Crippen LogP contribution in [0.4, 0.5) is 4.79 Å². The lowest BCUT2D eigenvalue weighted by atomic mass is 9.95. The first-order valence-electron chi connectivity index (χ1n) is 8.32. The molecule has 0 radical (unpaired) electrons. The third kappa shape index (κ3) is 3.35. The first kappa shape index (κ1) is 17.0. The Kier molecular flexibility index (Phi) is 4.74. The van der Waals surface area contributed by atoms with Crippen LogP contribution in [0.1, 0.15) is 30.5 Å². The second kappa shape index (κ2) is 6.96. The van der Waals surface area contributed by atoms with Gasteiger partial charge in [-0.15, -0.1) is 0 Å². The van der Waals surface area contributed by atoms with Crippen LogP contribution in [0.25, 0.3) is 0 Å². The van der Waals surface area contributed by atoms with E-state index in [1.54, 1.807) is 0 Å². The van der Waals surface area contributed by atoms with Crippen LogP contribution in [0.15, 0.2) is 35.5 Å². The zero-order valence-electron chi connectivity index (χ0n) is 14.3. The molecule has 132 valence electrons. The average Bonchev–Trinajstić information content (AvgIpc) is 2.98. The third-order valence-corrected chi connectivity index (χ3v) is 4.28. The fourth-order valence-corrected chi connectivity index (χ4v) is 2.95. The molecule has 25 heavy (non-hydrogen) atoms. The van der Waals surface area contributed by atoms with Gasteiger partial charge in [-0.25, -0.2) is 9.59 Å². The molecule has 2 N–H and O–H groups in total. The Labute approximate surface area is 146 Å². The van der Waals surface area contributed by atoms with E-state index in [0.29, 0.717) is 17.8 Å². The van der Waals surface area contributed by atoms with Crippen LogP contribution in [-0.4, -0.2) is 42.5 Å². The van der Waals surface area contributed by atoms with Gasteiger partial charge in [0.15, 0.2) is 0 Å². The summed E-state index contributed by atoms with van der Waals surface area (Å²) < 4.78 is 5.14. The lowest BCUT2D eigenvalue weighted by molar-refractivity contribution is -0.136. The SMILES string of the molecule is CCCNC(=O)CN1C(=O)N[C@H](c2ccc(C)cc2)C2=C1COC2=O. The zero-order valence-corrected chi connectivity index (χ0v) is 14.3. The summed E-state index contributed by atoms with van der Waals surface area (Å²) in [5, 5.41) is 5.55. The lowest BCUT2D eigenvalue weighted by Gasteiger charge is -2.32. The molecule has 0 fully saturated rings. The topological polar surface area (TPSA) is 87.7 Å². The third-order valence-electron chi connectivity index (χ3n) is 4.28. The fraction of sp³-hybridized carbons (Fsp3) is 0.389. The van der Waals surface area contributed by atoms with Crippen molar-refractivity contribution in [2.75, 3.05) is 19.7 Å². The minimum atomic E-state index is -0.562. The van der Waals surface area contributed by atoms with Crippen LogP contribution >= 0.6 is 0 Å². The summed E-state index contributed by atoms with van der Waals surface area (Å²) in [6, 6.07) is 6.63. The maximum absolute atomic E-state index is 12.5. The van der Waals surface area contributed by atoms with E-state index in [4.69, 9.17) is 4.74 Å². The molecule has 0 bridgehead atoms. The molecule has 1 atom stereocenters. The van der Waals surface area contributed by atoms with E-state index in [-0.39, 0.29) is 19.1 Å². The number of esters is 1. The monoisotopic (exact) mass is 343 g/mol. The number of cyclic esters (lactones) is 1. The fourth-order valence-electron chi connectivity index (χ4n) is 2.95. The molecule has 0 spiro atoms. The lowest BCUT2D eigenvalue weighted by Crippen LogP contribution is -2.50. The molecule has 3 rings (SSSR count). The molecule has 0 aliphatic carbocycles. The van der Waals surface area contributed by atoms with Gasteiger partial charge < -0.3 is 15.4 Å². The molecule has 1 aromatic rings. The van der Waals surface area contributed by atoms with Gasteiger partial charge in [-0.1, -0.05) is 36.8 Å². The second-order valence-electron chi connectivity index (χ2n) is 6.17. The van der Waals surface area contributed by atoms with Gasteiger partial charge in [0.2, 0.25) is 5.91 Å². The molecule has 2 aliphatic rings. The molecule has 2 aliphatic heterocycles. The van der Waals surface area contributed by atoms with Crippen LogP contribution in [0.3, 0.4) is 0 Å². The van der Waals surface area contributed by atoms with E-state index in [2.05, 4.69) is 10.6 Å². The highest BCUT2D eigenvalue weighted by molar-refractivity contribution is 5.98. The maximum atomic E-state index is 12.5. The number of carbonyl (C=O) groups is 3. The van der Waals surface area contributed by atoms with Crippen LogP contribution in [-0.2, 0) is 14.3 Å².